The van der Waals surface area contributed by atoms with Crippen molar-refractivity contribution in [3.05, 3.63) is 17.2 Å². The van der Waals surface area contributed by atoms with Gasteiger partial charge in [-0.2, -0.15) is 0 Å². The molecule has 0 radical (unpaired) electrons. The number of nitrogens with one attached hydrogen (secondary N) is 2. The van der Waals surface area contributed by atoms with Crippen LogP contribution in [-0.2, 0) is 0 Å². The van der Waals surface area contributed by atoms with Crippen molar-refractivity contribution in [1.82, 2.24) is 15.3 Å². The third-order valence-electron chi connectivity index (χ3n) is 4.57. The standard InChI is InChI=1S/C17H26N6/c1-5-9(2)21-17-14(18)11(4)22-16(23-17)13-10(3)19-8-20-15(13)12-6-7-12/h8-10,12H,5-7,18H2,1-4H3,(H,19,20)(H,21,22,23)/t9-,10?/m0/s1. The van der Waals surface area contributed by atoms with Crippen LogP contribution in [0.25, 0.3) is 5.57 Å². The Morgan fingerprint density at radius 1 is 1.39 bits per heavy atom. The molecule has 2 heterocycles. The number of allylic oxidation sites excluding steroid dienone is 1. The molecular weight excluding hydrogens is 288 g/mol. The molecular formula is C17H26N6. The van der Waals surface area contributed by atoms with E-state index >= 15 is 0 Å². The van der Waals surface area contributed by atoms with E-state index in [2.05, 4.69) is 41.4 Å². The minimum absolute atomic E-state index is 0.155. The van der Waals surface area contributed by atoms with Gasteiger partial charge in [-0.1, -0.05) is 6.92 Å². The van der Waals surface area contributed by atoms with Crippen LogP contribution in [0.15, 0.2) is 10.7 Å². The summed E-state index contributed by atoms with van der Waals surface area (Å²) >= 11 is 0. The normalized spacial score (nSPS) is 22.0. The minimum atomic E-state index is 0.155. The molecule has 4 N–H and O–H groups in total. The Hall–Kier alpha value is -2.11. The molecule has 124 valence electrons. The molecule has 0 saturated heterocycles. The fourth-order valence-corrected chi connectivity index (χ4v) is 2.73. The predicted octanol–water partition coefficient (Wildman–Crippen LogP) is 2.72. The van der Waals surface area contributed by atoms with Crippen LogP contribution in [0.1, 0.15) is 51.6 Å². The predicted molar refractivity (Wildman–Crippen MR) is 95.3 cm³/mol. The lowest BCUT2D eigenvalue weighted by molar-refractivity contribution is 0.754. The number of aliphatic imine (C=N–C) groups is 1. The zero-order valence-corrected chi connectivity index (χ0v) is 14.3. The number of nitrogens with two attached hydrogens (primary N) is 1. The molecule has 1 aromatic heterocycles. The summed E-state index contributed by atoms with van der Waals surface area (Å²) in [4.78, 5) is 14.0. The molecule has 0 aromatic carbocycles. The Bertz CT molecular complexity index is 659. The molecule has 2 atom stereocenters. The van der Waals surface area contributed by atoms with Gasteiger partial charge < -0.3 is 16.4 Å². The van der Waals surface area contributed by atoms with Crippen LogP contribution in [0.5, 0.6) is 0 Å². The van der Waals surface area contributed by atoms with E-state index in [4.69, 9.17) is 10.7 Å². The molecule has 0 amide bonds. The van der Waals surface area contributed by atoms with Gasteiger partial charge in [0.25, 0.3) is 0 Å². The number of anilines is 2. The van der Waals surface area contributed by atoms with Gasteiger partial charge in [-0.05, 0) is 40.0 Å². The summed E-state index contributed by atoms with van der Waals surface area (Å²) in [5.41, 5.74) is 9.85. The third kappa shape index (κ3) is 3.16. The minimum Gasteiger partial charge on any atom is -0.394 e. The molecule has 6 nitrogen and oxygen atoms in total. The van der Waals surface area contributed by atoms with E-state index in [0.717, 1.165) is 35.0 Å². The number of hydrogen-bond acceptors (Lipinski definition) is 6. The summed E-state index contributed by atoms with van der Waals surface area (Å²) in [6, 6.07) is 0.471. The highest BCUT2D eigenvalue weighted by molar-refractivity contribution is 5.78. The Kier molecular flexibility index (Phi) is 4.24. The molecule has 1 aromatic rings. The van der Waals surface area contributed by atoms with Crippen molar-refractivity contribution in [2.75, 3.05) is 11.1 Å². The zero-order valence-electron chi connectivity index (χ0n) is 14.3. The van der Waals surface area contributed by atoms with Gasteiger partial charge in [0.1, 0.15) is 0 Å². The quantitative estimate of drug-likeness (QED) is 0.777. The smallest absolute Gasteiger partial charge is 0.161 e. The van der Waals surface area contributed by atoms with Crippen LogP contribution in [-0.4, -0.2) is 28.4 Å². The Balaban J connectivity index is 2.06. The van der Waals surface area contributed by atoms with E-state index < -0.39 is 0 Å². The second-order valence-electron chi connectivity index (χ2n) is 6.57. The first-order chi connectivity index (χ1) is 11.0. The highest BCUT2D eigenvalue weighted by atomic mass is 15.1. The second kappa shape index (κ2) is 6.18. The van der Waals surface area contributed by atoms with Crippen molar-refractivity contribution in [3.63, 3.8) is 0 Å². The summed E-state index contributed by atoms with van der Waals surface area (Å²) in [5, 5.41) is 6.66. The molecule has 2 aliphatic rings. The van der Waals surface area contributed by atoms with Gasteiger partial charge >= 0.3 is 0 Å². The number of hydrogen-bond donors (Lipinski definition) is 3. The summed E-state index contributed by atoms with van der Waals surface area (Å²) in [6.45, 7) is 8.32. The lowest BCUT2D eigenvalue weighted by atomic mass is 10.0. The van der Waals surface area contributed by atoms with Gasteiger partial charge in [0.05, 0.1) is 29.5 Å². The Morgan fingerprint density at radius 3 is 2.78 bits per heavy atom. The fourth-order valence-electron chi connectivity index (χ4n) is 2.73. The van der Waals surface area contributed by atoms with Crippen molar-refractivity contribution in [3.8, 4) is 0 Å². The van der Waals surface area contributed by atoms with Crippen molar-refractivity contribution in [1.29, 1.82) is 0 Å². The maximum atomic E-state index is 6.18. The lowest BCUT2D eigenvalue weighted by Gasteiger charge is -2.23. The molecule has 1 aliphatic heterocycles. The van der Waals surface area contributed by atoms with Crippen molar-refractivity contribution >= 4 is 23.4 Å². The van der Waals surface area contributed by atoms with Gasteiger partial charge in [0, 0.05) is 17.5 Å². The summed E-state index contributed by atoms with van der Waals surface area (Å²) < 4.78 is 0. The first kappa shape index (κ1) is 15.8. The van der Waals surface area contributed by atoms with E-state index in [1.165, 1.54) is 12.8 Å². The highest BCUT2D eigenvalue weighted by Gasteiger charge is 2.33. The van der Waals surface area contributed by atoms with Crippen LogP contribution in [0.4, 0.5) is 11.5 Å². The summed E-state index contributed by atoms with van der Waals surface area (Å²) in [7, 11) is 0. The van der Waals surface area contributed by atoms with Crippen LogP contribution in [0.3, 0.4) is 0 Å². The Morgan fingerprint density at radius 2 is 2.13 bits per heavy atom. The average molecular weight is 314 g/mol. The number of aromatic nitrogens is 2. The molecule has 0 spiro atoms. The Labute approximate surface area is 137 Å². The van der Waals surface area contributed by atoms with E-state index in [1.807, 2.05) is 6.92 Å². The molecule has 0 bridgehead atoms. The summed E-state index contributed by atoms with van der Waals surface area (Å²) in [6.07, 6.45) is 5.21. The lowest BCUT2D eigenvalue weighted by Crippen LogP contribution is -2.31. The van der Waals surface area contributed by atoms with Gasteiger partial charge in [-0.25, -0.2) is 15.0 Å². The van der Waals surface area contributed by atoms with Crippen LogP contribution in [0.2, 0.25) is 0 Å². The first-order valence-corrected chi connectivity index (χ1v) is 8.44. The van der Waals surface area contributed by atoms with Gasteiger partial charge in [-0.3, -0.25) is 0 Å². The molecule has 6 heteroatoms. The van der Waals surface area contributed by atoms with Crippen LogP contribution < -0.4 is 16.4 Å². The second-order valence-corrected chi connectivity index (χ2v) is 6.57. The molecule has 3 rings (SSSR count). The average Bonchev–Trinajstić information content (AvgIpc) is 3.36. The van der Waals surface area contributed by atoms with E-state index in [-0.39, 0.29) is 6.04 Å². The third-order valence-corrected chi connectivity index (χ3v) is 4.57. The highest BCUT2D eigenvalue weighted by Crippen LogP contribution is 2.42. The van der Waals surface area contributed by atoms with Crippen molar-refractivity contribution in [2.24, 2.45) is 10.9 Å². The topological polar surface area (TPSA) is 88.2 Å². The summed E-state index contributed by atoms with van der Waals surface area (Å²) in [5.74, 6) is 2.02. The first-order valence-electron chi connectivity index (χ1n) is 8.44. The number of nitrogen functional groups attached to an aromatic ring is 1. The van der Waals surface area contributed by atoms with Crippen LogP contribution in [0, 0.1) is 12.8 Å². The maximum absolute atomic E-state index is 6.18. The van der Waals surface area contributed by atoms with Gasteiger partial charge in [0.2, 0.25) is 0 Å². The maximum Gasteiger partial charge on any atom is 0.161 e. The molecule has 1 saturated carbocycles. The number of nitrogens with zero attached hydrogens (tertiary/aromatic N) is 3. The monoisotopic (exact) mass is 314 g/mol. The molecule has 1 aliphatic carbocycles. The van der Waals surface area contributed by atoms with Crippen LogP contribution >= 0.6 is 0 Å². The van der Waals surface area contributed by atoms with E-state index in [0.29, 0.717) is 17.6 Å². The van der Waals surface area contributed by atoms with Crippen molar-refractivity contribution < 1.29 is 0 Å². The molecule has 1 unspecified atom stereocenters. The van der Waals surface area contributed by atoms with Gasteiger partial charge in [0.15, 0.2) is 11.6 Å². The number of rotatable bonds is 5. The molecule has 23 heavy (non-hydrogen) atoms. The fraction of sp³-hybridized carbons (Fsp3) is 0.588. The largest absolute Gasteiger partial charge is 0.394 e. The van der Waals surface area contributed by atoms with Gasteiger partial charge in [-0.15, -0.1) is 0 Å². The van der Waals surface area contributed by atoms with E-state index in [9.17, 15) is 0 Å². The molecule has 1 fully saturated rings. The zero-order chi connectivity index (χ0) is 16.6. The SMILES string of the molecule is CC[C@H](C)Nc1nc(C2=C(C3CC3)N=CNC2C)nc(C)c1N. The number of aryl methyl sites for hydroxylation is 1. The van der Waals surface area contributed by atoms with E-state index in [1.54, 1.807) is 6.34 Å². The van der Waals surface area contributed by atoms with Crippen molar-refractivity contribution in [2.45, 2.75) is 59.0 Å².